The molecule has 5 nitrogen and oxygen atoms in total. The molecule has 2 N–H and O–H groups in total. The third-order valence-corrected chi connectivity index (χ3v) is 2.49. The standard InChI is InChI=1S/C10H17N3O2/c1-6(2)9-8(11)10(13(3)12-9)15-7-4-14-5-7/h6-7H,4-5,11H2,1-3H3. The van der Waals surface area contributed by atoms with Crippen molar-refractivity contribution in [3.8, 4) is 5.88 Å². The van der Waals surface area contributed by atoms with Crippen LogP contribution in [0.15, 0.2) is 0 Å². The fraction of sp³-hybridized carbons (Fsp3) is 0.700. The molecule has 1 aliphatic rings. The molecule has 1 fully saturated rings. The van der Waals surface area contributed by atoms with Crippen LogP contribution >= 0.6 is 0 Å². The summed E-state index contributed by atoms with van der Waals surface area (Å²) in [6, 6.07) is 0. The number of hydrogen-bond donors (Lipinski definition) is 1. The largest absolute Gasteiger partial charge is 0.468 e. The quantitative estimate of drug-likeness (QED) is 0.807. The van der Waals surface area contributed by atoms with Crippen molar-refractivity contribution >= 4 is 5.69 Å². The van der Waals surface area contributed by atoms with Crippen molar-refractivity contribution in [2.45, 2.75) is 25.9 Å². The lowest BCUT2D eigenvalue weighted by atomic mass is 10.1. The van der Waals surface area contributed by atoms with E-state index in [1.165, 1.54) is 0 Å². The van der Waals surface area contributed by atoms with Gasteiger partial charge in [-0.2, -0.15) is 5.10 Å². The summed E-state index contributed by atoms with van der Waals surface area (Å²) >= 11 is 0. The van der Waals surface area contributed by atoms with Gasteiger partial charge in [0.05, 0.1) is 18.9 Å². The van der Waals surface area contributed by atoms with Gasteiger partial charge in [0.2, 0.25) is 5.88 Å². The molecule has 0 bridgehead atoms. The summed E-state index contributed by atoms with van der Waals surface area (Å²) in [5, 5.41) is 4.35. The minimum Gasteiger partial charge on any atom is -0.468 e. The molecule has 2 rings (SSSR count). The Morgan fingerprint density at radius 2 is 2.20 bits per heavy atom. The Kier molecular flexibility index (Phi) is 2.56. The summed E-state index contributed by atoms with van der Waals surface area (Å²) in [5.74, 6) is 0.971. The average molecular weight is 211 g/mol. The van der Waals surface area contributed by atoms with E-state index >= 15 is 0 Å². The van der Waals surface area contributed by atoms with Gasteiger partial charge in [-0.15, -0.1) is 0 Å². The molecule has 0 unspecified atom stereocenters. The van der Waals surface area contributed by atoms with E-state index < -0.39 is 0 Å². The Balaban J connectivity index is 2.21. The van der Waals surface area contributed by atoms with Crippen molar-refractivity contribution in [3.63, 3.8) is 0 Å². The lowest BCUT2D eigenvalue weighted by Gasteiger charge is -2.26. The molecule has 0 radical (unpaired) electrons. The third kappa shape index (κ3) is 1.79. The number of nitrogen functional groups attached to an aromatic ring is 1. The van der Waals surface area contributed by atoms with Crippen molar-refractivity contribution in [2.24, 2.45) is 7.05 Å². The zero-order chi connectivity index (χ0) is 11.0. The molecule has 1 aromatic rings. The van der Waals surface area contributed by atoms with Crippen molar-refractivity contribution in [3.05, 3.63) is 5.69 Å². The number of aromatic nitrogens is 2. The minimum absolute atomic E-state index is 0.128. The van der Waals surface area contributed by atoms with E-state index in [0.717, 1.165) is 5.69 Å². The fourth-order valence-corrected chi connectivity index (χ4v) is 1.55. The Labute approximate surface area is 89.2 Å². The van der Waals surface area contributed by atoms with E-state index in [1.807, 2.05) is 7.05 Å². The Morgan fingerprint density at radius 3 is 2.60 bits per heavy atom. The van der Waals surface area contributed by atoms with Crippen molar-refractivity contribution in [2.75, 3.05) is 18.9 Å². The van der Waals surface area contributed by atoms with Gasteiger partial charge < -0.3 is 15.2 Å². The van der Waals surface area contributed by atoms with Crippen molar-refractivity contribution in [1.82, 2.24) is 9.78 Å². The van der Waals surface area contributed by atoms with Gasteiger partial charge in [0, 0.05) is 7.05 Å². The predicted molar refractivity (Wildman–Crippen MR) is 56.9 cm³/mol. The second-order valence-electron chi connectivity index (χ2n) is 4.16. The first-order valence-electron chi connectivity index (χ1n) is 5.16. The van der Waals surface area contributed by atoms with Crippen molar-refractivity contribution in [1.29, 1.82) is 0 Å². The summed E-state index contributed by atoms with van der Waals surface area (Å²) in [6.07, 6.45) is 0.128. The highest BCUT2D eigenvalue weighted by Crippen LogP contribution is 2.30. The van der Waals surface area contributed by atoms with Gasteiger partial charge in [-0.3, -0.25) is 0 Å². The zero-order valence-corrected chi connectivity index (χ0v) is 9.36. The summed E-state index contributed by atoms with van der Waals surface area (Å²) in [7, 11) is 1.84. The third-order valence-electron chi connectivity index (χ3n) is 2.49. The highest BCUT2D eigenvalue weighted by Gasteiger charge is 2.25. The Bertz CT molecular complexity index is 356. The van der Waals surface area contributed by atoms with Crippen LogP contribution in [0.25, 0.3) is 0 Å². The maximum absolute atomic E-state index is 5.98. The Hall–Kier alpha value is -1.23. The molecule has 0 aromatic carbocycles. The van der Waals surface area contributed by atoms with Crippen molar-refractivity contribution < 1.29 is 9.47 Å². The molecule has 15 heavy (non-hydrogen) atoms. The second kappa shape index (κ2) is 3.73. The summed E-state index contributed by atoms with van der Waals surface area (Å²) in [5.41, 5.74) is 7.53. The van der Waals surface area contributed by atoms with Gasteiger partial charge in [-0.1, -0.05) is 13.8 Å². The first-order chi connectivity index (χ1) is 7.09. The molecule has 0 amide bonds. The monoisotopic (exact) mass is 211 g/mol. The van der Waals surface area contributed by atoms with Gasteiger partial charge in [-0.25, -0.2) is 4.68 Å². The van der Waals surface area contributed by atoms with Crippen LogP contribution < -0.4 is 10.5 Å². The van der Waals surface area contributed by atoms with E-state index in [9.17, 15) is 0 Å². The summed E-state index contributed by atoms with van der Waals surface area (Å²) < 4.78 is 12.4. The number of ether oxygens (including phenoxy) is 2. The molecule has 5 heteroatoms. The molecule has 2 heterocycles. The first kappa shape index (κ1) is 10.3. The van der Waals surface area contributed by atoms with Crippen LogP contribution in [0.2, 0.25) is 0 Å². The van der Waals surface area contributed by atoms with Crippen LogP contribution in [0.3, 0.4) is 0 Å². The molecule has 0 atom stereocenters. The highest BCUT2D eigenvalue weighted by atomic mass is 16.6. The van der Waals surface area contributed by atoms with Crippen LogP contribution in [-0.2, 0) is 11.8 Å². The molecule has 1 saturated heterocycles. The maximum atomic E-state index is 5.98. The summed E-state index contributed by atoms with van der Waals surface area (Å²) in [4.78, 5) is 0. The number of hydrogen-bond acceptors (Lipinski definition) is 4. The molecule has 0 aliphatic carbocycles. The lowest BCUT2D eigenvalue weighted by molar-refractivity contribution is -0.0823. The molecule has 1 aromatic heterocycles. The van der Waals surface area contributed by atoms with E-state index in [0.29, 0.717) is 30.7 Å². The lowest BCUT2D eigenvalue weighted by Crippen LogP contribution is -2.39. The first-order valence-corrected chi connectivity index (χ1v) is 5.16. The number of nitrogens with zero attached hydrogens (tertiary/aromatic N) is 2. The highest BCUT2D eigenvalue weighted by molar-refractivity contribution is 5.54. The van der Waals surface area contributed by atoms with Crippen LogP contribution in [0, 0.1) is 0 Å². The number of anilines is 1. The number of rotatable bonds is 3. The van der Waals surface area contributed by atoms with Gasteiger partial charge in [0.1, 0.15) is 11.8 Å². The topological polar surface area (TPSA) is 62.3 Å². The second-order valence-corrected chi connectivity index (χ2v) is 4.16. The molecule has 0 spiro atoms. The van der Waals surface area contributed by atoms with Crippen LogP contribution in [0.5, 0.6) is 5.88 Å². The number of nitrogens with two attached hydrogens (primary N) is 1. The number of aryl methyl sites for hydroxylation is 1. The van der Waals surface area contributed by atoms with Gasteiger partial charge >= 0.3 is 0 Å². The van der Waals surface area contributed by atoms with Crippen LogP contribution in [0.1, 0.15) is 25.5 Å². The molecular formula is C10H17N3O2. The smallest absolute Gasteiger partial charge is 0.236 e. The van der Waals surface area contributed by atoms with Crippen LogP contribution in [0.4, 0.5) is 5.69 Å². The molecule has 84 valence electrons. The van der Waals surface area contributed by atoms with Gasteiger partial charge in [-0.05, 0) is 5.92 Å². The zero-order valence-electron chi connectivity index (χ0n) is 9.36. The molecular weight excluding hydrogens is 194 g/mol. The van der Waals surface area contributed by atoms with Crippen LogP contribution in [-0.4, -0.2) is 29.1 Å². The molecule has 0 saturated carbocycles. The normalized spacial score (nSPS) is 16.8. The average Bonchev–Trinajstić information content (AvgIpc) is 2.36. The van der Waals surface area contributed by atoms with Gasteiger partial charge in [0.25, 0.3) is 0 Å². The predicted octanol–water partition coefficient (Wildman–Crippen LogP) is 0.903. The van der Waals surface area contributed by atoms with E-state index in [-0.39, 0.29) is 6.10 Å². The maximum Gasteiger partial charge on any atom is 0.236 e. The van der Waals surface area contributed by atoms with Gasteiger partial charge in [0.15, 0.2) is 0 Å². The fourth-order valence-electron chi connectivity index (χ4n) is 1.55. The summed E-state index contributed by atoms with van der Waals surface area (Å²) in [6.45, 7) is 5.41. The van der Waals surface area contributed by atoms with E-state index in [1.54, 1.807) is 4.68 Å². The molecule has 1 aliphatic heterocycles. The van der Waals surface area contributed by atoms with E-state index in [4.69, 9.17) is 15.2 Å². The van der Waals surface area contributed by atoms with E-state index in [2.05, 4.69) is 18.9 Å². The minimum atomic E-state index is 0.128. The Morgan fingerprint density at radius 1 is 1.53 bits per heavy atom. The SMILES string of the molecule is CC(C)c1nn(C)c(OC2COC2)c1N.